The van der Waals surface area contributed by atoms with E-state index in [2.05, 4.69) is 34.6 Å². The van der Waals surface area contributed by atoms with Gasteiger partial charge in [0.1, 0.15) is 0 Å². The minimum absolute atomic E-state index is 0.119. The van der Waals surface area contributed by atoms with Gasteiger partial charge in [-0.05, 0) is 130 Å². The van der Waals surface area contributed by atoms with Crippen LogP contribution in [-0.4, -0.2) is 21.9 Å². The van der Waals surface area contributed by atoms with Gasteiger partial charge in [-0.25, -0.2) is 0 Å². The lowest BCUT2D eigenvalue weighted by atomic mass is 9.48. The van der Waals surface area contributed by atoms with Crippen molar-refractivity contribution in [2.45, 2.75) is 123 Å². The van der Waals surface area contributed by atoms with Crippen LogP contribution in [0.25, 0.3) is 0 Å². The van der Waals surface area contributed by atoms with Crippen LogP contribution in [0.4, 0.5) is 0 Å². The largest absolute Gasteiger partial charge is 0.393 e. The van der Waals surface area contributed by atoms with Crippen LogP contribution in [0.5, 0.6) is 0 Å². The van der Waals surface area contributed by atoms with E-state index in [1.54, 1.807) is 0 Å². The standard InChI is InChI=1S/C28H50O2/c1-6-28(30)16-14-21-20(17-28)8-9-23-22(21)13-15-27(5)24(10-11-25(23)27)19(4)26(29)12-7-18(2)3/h18-26,29-30H,6-17H2,1-5H3/t19-,20-,21-,22+,23+,24+,25-,26+,27-,28-/m0/s1. The SMILES string of the molecule is CC[C@]1(O)CC[C@H]2[C@@H](CC[C@@H]3[C@@H]2CC[C@@]2(C)[C@@H]([C@H](C)[C@H](O)CCC(C)C)CC[C@@H]32)C1. The first-order chi connectivity index (χ1) is 14.2. The van der Waals surface area contributed by atoms with E-state index >= 15 is 0 Å². The molecule has 0 aliphatic heterocycles. The fourth-order valence-corrected chi connectivity index (χ4v) is 9.22. The molecule has 174 valence electrons. The van der Waals surface area contributed by atoms with Crippen molar-refractivity contribution < 1.29 is 10.2 Å². The van der Waals surface area contributed by atoms with Crippen LogP contribution < -0.4 is 0 Å². The van der Waals surface area contributed by atoms with E-state index in [1.165, 1.54) is 44.9 Å². The van der Waals surface area contributed by atoms with Crippen molar-refractivity contribution in [1.29, 1.82) is 0 Å². The van der Waals surface area contributed by atoms with Crippen molar-refractivity contribution in [2.24, 2.45) is 52.8 Å². The quantitative estimate of drug-likeness (QED) is 0.496. The highest BCUT2D eigenvalue weighted by molar-refractivity contribution is 5.08. The minimum Gasteiger partial charge on any atom is -0.393 e. The van der Waals surface area contributed by atoms with Crippen LogP contribution in [0.15, 0.2) is 0 Å². The molecule has 30 heavy (non-hydrogen) atoms. The fraction of sp³-hybridized carbons (Fsp3) is 1.00. The van der Waals surface area contributed by atoms with Gasteiger partial charge in [-0.2, -0.15) is 0 Å². The minimum atomic E-state index is -0.364. The molecule has 0 spiro atoms. The summed E-state index contributed by atoms with van der Waals surface area (Å²) >= 11 is 0. The summed E-state index contributed by atoms with van der Waals surface area (Å²) in [6, 6.07) is 0. The van der Waals surface area contributed by atoms with Gasteiger partial charge < -0.3 is 10.2 Å². The highest BCUT2D eigenvalue weighted by Gasteiger charge is 2.58. The maximum absolute atomic E-state index is 11.0. The van der Waals surface area contributed by atoms with Crippen LogP contribution in [0, 0.1) is 52.8 Å². The molecule has 0 saturated heterocycles. The number of aliphatic hydroxyl groups excluding tert-OH is 1. The molecule has 2 N–H and O–H groups in total. The monoisotopic (exact) mass is 418 g/mol. The summed E-state index contributed by atoms with van der Waals surface area (Å²) in [5, 5.41) is 21.9. The molecule has 4 rings (SSSR count). The Morgan fingerprint density at radius 1 is 0.867 bits per heavy atom. The zero-order valence-corrected chi connectivity index (χ0v) is 20.6. The van der Waals surface area contributed by atoms with E-state index in [0.29, 0.717) is 23.2 Å². The number of rotatable bonds is 6. The van der Waals surface area contributed by atoms with Crippen LogP contribution >= 0.6 is 0 Å². The number of fused-ring (bicyclic) bond motifs is 5. The third kappa shape index (κ3) is 4.02. The van der Waals surface area contributed by atoms with Gasteiger partial charge in [0, 0.05) is 0 Å². The van der Waals surface area contributed by atoms with Gasteiger partial charge in [-0.15, -0.1) is 0 Å². The first-order valence-corrected chi connectivity index (χ1v) is 13.6. The summed E-state index contributed by atoms with van der Waals surface area (Å²) in [5.74, 6) is 6.22. The summed E-state index contributed by atoms with van der Waals surface area (Å²) in [7, 11) is 0. The second-order valence-corrected chi connectivity index (χ2v) is 12.9. The highest BCUT2D eigenvalue weighted by Crippen LogP contribution is 2.66. The second-order valence-electron chi connectivity index (χ2n) is 12.9. The van der Waals surface area contributed by atoms with Gasteiger partial charge in [0.25, 0.3) is 0 Å². The molecule has 4 aliphatic rings. The molecule has 2 heteroatoms. The zero-order chi connectivity index (χ0) is 21.7. The Morgan fingerprint density at radius 2 is 1.60 bits per heavy atom. The van der Waals surface area contributed by atoms with Gasteiger partial charge in [0.2, 0.25) is 0 Å². The summed E-state index contributed by atoms with van der Waals surface area (Å²) in [5.41, 5.74) is 0.0856. The number of aliphatic hydroxyl groups is 2. The average molecular weight is 419 g/mol. The molecule has 4 fully saturated rings. The van der Waals surface area contributed by atoms with E-state index in [9.17, 15) is 10.2 Å². The Balaban J connectivity index is 1.44. The predicted molar refractivity (Wildman–Crippen MR) is 125 cm³/mol. The van der Waals surface area contributed by atoms with Crippen molar-refractivity contribution >= 4 is 0 Å². The maximum atomic E-state index is 11.0. The van der Waals surface area contributed by atoms with Gasteiger partial charge in [-0.1, -0.05) is 34.6 Å². The second kappa shape index (κ2) is 8.69. The predicted octanol–water partition coefficient (Wildman–Crippen LogP) is 6.83. The lowest BCUT2D eigenvalue weighted by Gasteiger charge is -2.57. The van der Waals surface area contributed by atoms with Gasteiger partial charge in [0.15, 0.2) is 0 Å². The summed E-state index contributed by atoms with van der Waals surface area (Å²) in [6.45, 7) is 11.7. The molecule has 0 unspecified atom stereocenters. The van der Waals surface area contributed by atoms with E-state index in [0.717, 1.165) is 61.7 Å². The summed E-state index contributed by atoms with van der Waals surface area (Å²) in [4.78, 5) is 0. The van der Waals surface area contributed by atoms with E-state index in [4.69, 9.17) is 0 Å². The lowest BCUT2D eigenvalue weighted by Crippen LogP contribution is -2.51. The summed E-state index contributed by atoms with van der Waals surface area (Å²) in [6.07, 6.45) is 14.6. The molecule has 4 saturated carbocycles. The average Bonchev–Trinajstić information content (AvgIpc) is 3.08. The third-order valence-corrected chi connectivity index (χ3v) is 11.1. The van der Waals surface area contributed by atoms with Gasteiger partial charge in [-0.3, -0.25) is 0 Å². The molecule has 2 nitrogen and oxygen atoms in total. The number of hydrogen-bond acceptors (Lipinski definition) is 2. The third-order valence-electron chi connectivity index (χ3n) is 11.1. The molecule has 0 aromatic heterocycles. The van der Waals surface area contributed by atoms with Crippen molar-refractivity contribution in [3.05, 3.63) is 0 Å². The van der Waals surface area contributed by atoms with Crippen molar-refractivity contribution in [2.75, 3.05) is 0 Å². The molecule has 4 aliphatic carbocycles. The van der Waals surface area contributed by atoms with Crippen LogP contribution in [0.3, 0.4) is 0 Å². The van der Waals surface area contributed by atoms with E-state index in [1.807, 2.05) is 0 Å². The Kier molecular flexibility index (Phi) is 6.69. The molecule has 0 radical (unpaired) electrons. The van der Waals surface area contributed by atoms with Gasteiger partial charge >= 0.3 is 0 Å². The number of hydrogen-bond donors (Lipinski definition) is 2. The molecular weight excluding hydrogens is 368 g/mol. The van der Waals surface area contributed by atoms with E-state index < -0.39 is 0 Å². The Bertz CT molecular complexity index is 587. The van der Waals surface area contributed by atoms with Crippen LogP contribution in [0.1, 0.15) is 112 Å². The normalized spacial score (nSPS) is 48.0. The molecule has 0 amide bonds. The zero-order valence-electron chi connectivity index (χ0n) is 20.6. The molecule has 0 aromatic rings. The van der Waals surface area contributed by atoms with Crippen LogP contribution in [0.2, 0.25) is 0 Å². The first-order valence-electron chi connectivity index (χ1n) is 13.6. The van der Waals surface area contributed by atoms with Gasteiger partial charge in [0.05, 0.1) is 11.7 Å². The lowest BCUT2D eigenvalue weighted by molar-refractivity contribution is -0.112. The van der Waals surface area contributed by atoms with Crippen LogP contribution in [-0.2, 0) is 0 Å². The summed E-state index contributed by atoms with van der Waals surface area (Å²) < 4.78 is 0. The smallest absolute Gasteiger partial charge is 0.0648 e. The first kappa shape index (κ1) is 23.1. The molecule has 0 bridgehead atoms. The molecule has 10 atom stereocenters. The Hall–Kier alpha value is -0.0800. The van der Waals surface area contributed by atoms with Crippen molar-refractivity contribution in [3.8, 4) is 0 Å². The van der Waals surface area contributed by atoms with Crippen molar-refractivity contribution in [1.82, 2.24) is 0 Å². The molecule has 0 aromatic carbocycles. The topological polar surface area (TPSA) is 40.5 Å². The molecular formula is C28H50O2. The maximum Gasteiger partial charge on any atom is 0.0648 e. The van der Waals surface area contributed by atoms with E-state index in [-0.39, 0.29) is 11.7 Å². The Morgan fingerprint density at radius 3 is 2.30 bits per heavy atom. The Labute approximate surface area is 186 Å². The van der Waals surface area contributed by atoms with Crippen molar-refractivity contribution in [3.63, 3.8) is 0 Å². The molecule has 0 heterocycles. The fourth-order valence-electron chi connectivity index (χ4n) is 9.22. The highest BCUT2D eigenvalue weighted by atomic mass is 16.3.